The predicted octanol–water partition coefficient (Wildman–Crippen LogP) is 4.54. The second-order valence-corrected chi connectivity index (χ2v) is 8.29. The number of carbonyl (C=O) groups is 1. The molecule has 3 aromatic rings. The maximum Gasteiger partial charge on any atom is 0.261 e. The number of rotatable bonds is 3. The van der Waals surface area contributed by atoms with Gasteiger partial charge in [-0.2, -0.15) is 0 Å². The van der Waals surface area contributed by atoms with E-state index in [4.69, 9.17) is 4.98 Å². The van der Waals surface area contributed by atoms with Gasteiger partial charge in [0.05, 0.1) is 10.6 Å². The highest BCUT2D eigenvalue weighted by atomic mass is 32.1. The summed E-state index contributed by atoms with van der Waals surface area (Å²) in [6, 6.07) is 9.92. The predicted molar refractivity (Wildman–Crippen MR) is 103 cm³/mol. The third kappa shape index (κ3) is 3.56. The van der Waals surface area contributed by atoms with Gasteiger partial charge >= 0.3 is 0 Å². The van der Waals surface area contributed by atoms with Crippen LogP contribution in [0.25, 0.3) is 10.2 Å². The fourth-order valence-electron chi connectivity index (χ4n) is 2.75. The zero-order chi connectivity index (χ0) is 18.2. The summed E-state index contributed by atoms with van der Waals surface area (Å²) < 4.78 is 0. The zero-order valence-electron chi connectivity index (χ0n) is 15.3. The van der Waals surface area contributed by atoms with Gasteiger partial charge in [0.15, 0.2) is 0 Å². The molecular formula is C20H23N3OS. The molecule has 0 bridgehead atoms. The fourth-order valence-corrected chi connectivity index (χ4v) is 3.90. The van der Waals surface area contributed by atoms with E-state index in [-0.39, 0.29) is 11.3 Å². The highest BCUT2D eigenvalue weighted by molar-refractivity contribution is 7.20. The van der Waals surface area contributed by atoms with Gasteiger partial charge in [-0.25, -0.2) is 9.97 Å². The second kappa shape index (κ2) is 6.56. The van der Waals surface area contributed by atoms with Gasteiger partial charge < -0.3 is 5.32 Å². The molecule has 0 saturated carbocycles. The molecule has 2 aromatic heterocycles. The fraction of sp³-hybridized carbons (Fsp3) is 0.350. The Morgan fingerprint density at radius 2 is 1.80 bits per heavy atom. The molecule has 3 rings (SSSR count). The van der Waals surface area contributed by atoms with Crippen molar-refractivity contribution in [1.29, 1.82) is 0 Å². The van der Waals surface area contributed by atoms with Crippen LogP contribution in [0.3, 0.4) is 0 Å². The van der Waals surface area contributed by atoms with Crippen LogP contribution in [0, 0.1) is 13.8 Å². The Morgan fingerprint density at radius 1 is 1.12 bits per heavy atom. The van der Waals surface area contributed by atoms with E-state index in [1.807, 2.05) is 44.2 Å². The van der Waals surface area contributed by atoms with Crippen molar-refractivity contribution in [3.8, 4) is 0 Å². The first kappa shape index (κ1) is 17.5. The van der Waals surface area contributed by atoms with E-state index >= 15 is 0 Å². The van der Waals surface area contributed by atoms with Crippen LogP contribution in [0.5, 0.6) is 0 Å². The van der Waals surface area contributed by atoms with Gasteiger partial charge in [0.1, 0.15) is 10.7 Å². The van der Waals surface area contributed by atoms with Crippen LogP contribution in [-0.4, -0.2) is 15.9 Å². The van der Waals surface area contributed by atoms with E-state index in [1.54, 1.807) is 0 Å². The van der Waals surface area contributed by atoms with Gasteiger partial charge in [0.2, 0.25) is 0 Å². The first-order chi connectivity index (χ1) is 11.8. The summed E-state index contributed by atoms with van der Waals surface area (Å²) in [5, 5.41) is 4.01. The van der Waals surface area contributed by atoms with Crippen LogP contribution in [-0.2, 0) is 12.0 Å². The van der Waals surface area contributed by atoms with Crippen LogP contribution >= 0.6 is 11.3 Å². The van der Waals surface area contributed by atoms with Crippen molar-refractivity contribution in [2.24, 2.45) is 0 Å². The third-order valence-corrected chi connectivity index (χ3v) is 5.33. The summed E-state index contributed by atoms with van der Waals surface area (Å²) in [6.07, 6.45) is 0. The van der Waals surface area contributed by atoms with E-state index < -0.39 is 0 Å². The number of amides is 1. The lowest BCUT2D eigenvalue weighted by atomic mass is 9.95. The van der Waals surface area contributed by atoms with E-state index in [1.165, 1.54) is 11.3 Å². The lowest BCUT2D eigenvalue weighted by Gasteiger charge is -2.16. The third-order valence-electron chi connectivity index (χ3n) is 4.14. The van der Waals surface area contributed by atoms with Crippen molar-refractivity contribution >= 4 is 27.5 Å². The number of aryl methyl sites for hydroxylation is 2. The Balaban J connectivity index is 1.93. The zero-order valence-corrected chi connectivity index (χ0v) is 16.1. The van der Waals surface area contributed by atoms with Crippen LogP contribution < -0.4 is 5.32 Å². The Kier molecular flexibility index (Phi) is 4.60. The quantitative estimate of drug-likeness (QED) is 0.752. The Bertz CT molecular complexity index is 924. The largest absolute Gasteiger partial charge is 0.347 e. The van der Waals surface area contributed by atoms with Gasteiger partial charge in [0, 0.05) is 17.3 Å². The van der Waals surface area contributed by atoms with Gasteiger partial charge in [-0.05, 0) is 25.0 Å². The molecule has 1 amide bonds. The molecule has 0 fully saturated rings. The number of carbonyl (C=O) groups excluding carboxylic acids is 1. The van der Waals surface area contributed by atoms with Gasteiger partial charge in [-0.3, -0.25) is 4.79 Å². The van der Waals surface area contributed by atoms with Crippen molar-refractivity contribution in [3.05, 3.63) is 57.9 Å². The average molecular weight is 353 g/mol. The summed E-state index contributed by atoms with van der Waals surface area (Å²) in [4.78, 5) is 23.6. The molecule has 130 valence electrons. The van der Waals surface area contributed by atoms with Crippen molar-refractivity contribution in [2.75, 3.05) is 0 Å². The van der Waals surface area contributed by atoms with Crippen molar-refractivity contribution < 1.29 is 4.79 Å². The Morgan fingerprint density at radius 3 is 2.44 bits per heavy atom. The van der Waals surface area contributed by atoms with Crippen LogP contribution in [0.15, 0.2) is 30.3 Å². The number of nitrogens with zero attached hydrogens (tertiary/aromatic N) is 2. The summed E-state index contributed by atoms with van der Waals surface area (Å²) in [6.45, 7) is 10.8. The summed E-state index contributed by atoms with van der Waals surface area (Å²) in [7, 11) is 0. The smallest absolute Gasteiger partial charge is 0.261 e. The van der Waals surface area contributed by atoms with Crippen LogP contribution in [0.4, 0.5) is 0 Å². The van der Waals surface area contributed by atoms with Crippen molar-refractivity contribution in [1.82, 2.24) is 15.3 Å². The monoisotopic (exact) mass is 353 g/mol. The SMILES string of the molecule is Cc1nc(C(C)(C)C)nc2sc(C(=O)NCc3ccccc3)c(C)c12. The first-order valence-electron chi connectivity index (χ1n) is 8.37. The highest BCUT2D eigenvalue weighted by Crippen LogP contribution is 2.33. The molecule has 1 N–H and O–H groups in total. The van der Waals surface area contributed by atoms with E-state index in [2.05, 4.69) is 31.1 Å². The molecule has 0 atom stereocenters. The Hall–Kier alpha value is -2.27. The van der Waals surface area contributed by atoms with Gasteiger partial charge in [0.25, 0.3) is 5.91 Å². The minimum atomic E-state index is -0.118. The molecule has 0 unspecified atom stereocenters. The highest BCUT2D eigenvalue weighted by Gasteiger charge is 2.23. The molecule has 0 aliphatic rings. The minimum Gasteiger partial charge on any atom is -0.347 e. The van der Waals surface area contributed by atoms with E-state index in [9.17, 15) is 4.79 Å². The van der Waals surface area contributed by atoms with Crippen molar-refractivity contribution in [3.63, 3.8) is 0 Å². The number of benzene rings is 1. The molecule has 4 nitrogen and oxygen atoms in total. The minimum absolute atomic E-state index is 0.0546. The lowest BCUT2D eigenvalue weighted by molar-refractivity contribution is 0.0954. The maximum absolute atomic E-state index is 12.7. The summed E-state index contributed by atoms with van der Waals surface area (Å²) in [5.41, 5.74) is 2.86. The summed E-state index contributed by atoms with van der Waals surface area (Å²) >= 11 is 1.45. The molecule has 0 aliphatic carbocycles. The molecule has 0 saturated heterocycles. The lowest BCUT2D eigenvalue weighted by Crippen LogP contribution is -2.22. The number of thiophene rings is 1. The molecule has 25 heavy (non-hydrogen) atoms. The number of hydrogen-bond acceptors (Lipinski definition) is 4. The molecular weight excluding hydrogens is 330 g/mol. The molecule has 1 aromatic carbocycles. The van der Waals surface area contributed by atoms with Gasteiger partial charge in [-0.1, -0.05) is 51.1 Å². The van der Waals surface area contributed by atoms with Crippen LogP contribution in [0.2, 0.25) is 0 Å². The van der Waals surface area contributed by atoms with Gasteiger partial charge in [-0.15, -0.1) is 11.3 Å². The van der Waals surface area contributed by atoms with Crippen molar-refractivity contribution in [2.45, 2.75) is 46.6 Å². The average Bonchev–Trinajstić information content (AvgIpc) is 2.90. The number of nitrogens with one attached hydrogen (secondary N) is 1. The number of aromatic nitrogens is 2. The normalized spacial score (nSPS) is 11.7. The number of fused-ring (bicyclic) bond motifs is 1. The molecule has 0 spiro atoms. The first-order valence-corrected chi connectivity index (χ1v) is 9.19. The summed E-state index contributed by atoms with van der Waals surface area (Å²) in [5.74, 6) is 0.760. The Labute approximate surface area is 152 Å². The maximum atomic E-state index is 12.7. The molecule has 5 heteroatoms. The molecule has 0 aliphatic heterocycles. The molecule has 2 heterocycles. The second-order valence-electron chi connectivity index (χ2n) is 7.29. The molecule has 0 radical (unpaired) electrons. The topological polar surface area (TPSA) is 54.9 Å². The standard InChI is InChI=1S/C20H23N3OS/c1-12-15-13(2)22-19(20(3,4)5)23-18(15)25-16(12)17(24)21-11-14-9-7-6-8-10-14/h6-10H,11H2,1-5H3,(H,21,24). The van der Waals surface area contributed by atoms with E-state index in [0.29, 0.717) is 6.54 Å². The van der Waals surface area contributed by atoms with E-state index in [0.717, 1.165) is 37.7 Å². The number of hydrogen-bond donors (Lipinski definition) is 1. The van der Waals surface area contributed by atoms with Crippen LogP contribution in [0.1, 0.15) is 53.1 Å².